The van der Waals surface area contributed by atoms with Gasteiger partial charge in [-0.1, -0.05) is 36.8 Å². The highest BCUT2D eigenvalue weighted by molar-refractivity contribution is 5.78. The highest BCUT2D eigenvalue weighted by Gasteiger charge is 2.16. The molecule has 4 nitrogen and oxygen atoms in total. The van der Waals surface area contributed by atoms with E-state index >= 15 is 0 Å². The quantitative estimate of drug-likeness (QED) is 0.740. The number of benzene rings is 1. The van der Waals surface area contributed by atoms with Crippen molar-refractivity contribution in [3.8, 4) is 0 Å². The third-order valence-corrected chi connectivity index (χ3v) is 3.97. The van der Waals surface area contributed by atoms with Crippen LogP contribution < -0.4 is 0 Å². The molecule has 1 aromatic carbocycles. The molecule has 0 radical (unpaired) electrons. The number of rotatable bonds is 8. The van der Waals surface area contributed by atoms with E-state index in [4.69, 9.17) is 4.42 Å². The molecule has 0 aliphatic heterocycles. The fourth-order valence-electron chi connectivity index (χ4n) is 2.70. The van der Waals surface area contributed by atoms with Gasteiger partial charge in [0.2, 0.25) is 5.91 Å². The van der Waals surface area contributed by atoms with Gasteiger partial charge < -0.3 is 9.32 Å². The molecule has 1 amide bonds. The topological polar surface area (TPSA) is 36.7 Å². The molecule has 0 aliphatic rings. The average molecular weight is 328 g/mol. The molecule has 0 bridgehead atoms. The number of hydrogen-bond acceptors (Lipinski definition) is 3. The molecule has 0 saturated heterocycles. The summed E-state index contributed by atoms with van der Waals surface area (Å²) in [7, 11) is 1.95. The first-order valence-corrected chi connectivity index (χ1v) is 8.55. The minimum Gasteiger partial charge on any atom is -0.465 e. The van der Waals surface area contributed by atoms with Crippen LogP contribution in [0.25, 0.3) is 0 Å². The summed E-state index contributed by atoms with van der Waals surface area (Å²) < 4.78 is 5.58. The van der Waals surface area contributed by atoms with E-state index < -0.39 is 0 Å². The molecule has 0 fully saturated rings. The summed E-state index contributed by atoms with van der Waals surface area (Å²) in [4.78, 5) is 16.6. The lowest BCUT2D eigenvalue weighted by atomic mass is 10.1. The largest absolute Gasteiger partial charge is 0.465 e. The maximum Gasteiger partial charge on any atom is 0.237 e. The van der Waals surface area contributed by atoms with E-state index in [1.807, 2.05) is 35.9 Å². The van der Waals surface area contributed by atoms with Gasteiger partial charge in [-0.05, 0) is 45.0 Å². The molecule has 2 aromatic rings. The van der Waals surface area contributed by atoms with E-state index in [2.05, 4.69) is 38.1 Å². The fraction of sp³-hybridized carbons (Fsp3) is 0.450. The Labute approximate surface area is 145 Å². The number of nitrogens with zero attached hydrogens (tertiary/aromatic N) is 2. The summed E-state index contributed by atoms with van der Waals surface area (Å²) in [5, 5.41) is 0. The summed E-state index contributed by atoms with van der Waals surface area (Å²) in [6, 6.07) is 12.3. The maximum atomic E-state index is 12.7. The minimum absolute atomic E-state index is 0.156. The number of hydrogen-bond donors (Lipinski definition) is 0. The fourth-order valence-corrected chi connectivity index (χ4v) is 2.70. The van der Waals surface area contributed by atoms with Crippen LogP contribution in [0.3, 0.4) is 0 Å². The van der Waals surface area contributed by atoms with Crippen molar-refractivity contribution in [3.05, 3.63) is 59.0 Å². The van der Waals surface area contributed by atoms with Gasteiger partial charge >= 0.3 is 0 Å². The Morgan fingerprint density at radius 3 is 2.33 bits per heavy atom. The van der Waals surface area contributed by atoms with Crippen molar-refractivity contribution in [1.29, 1.82) is 0 Å². The van der Waals surface area contributed by atoms with E-state index in [1.54, 1.807) is 0 Å². The van der Waals surface area contributed by atoms with Gasteiger partial charge in [-0.15, -0.1) is 0 Å². The number of likely N-dealkylation sites (N-methyl/N-ethyl adjacent to an activating group) is 1. The van der Waals surface area contributed by atoms with Gasteiger partial charge in [0.1, 0.15) is 11.5 Å². The van der Waals surface area contributed by atoms with E-state index in [-0.39, 0.29) is 5.91 Å². The molecule has 1 aromatic heterocycles. The van der Waals surface area contributed by atoms with Crippen LogP contribution in [-0.2, 0) is 17.9 Å². The van der Waals surface area contributed by atoms with E-state index in [9.17, 15) is 4.79 Å². The zero-order valence-corrected chi connectivity index (χ0v) is 15.2. The second-order valence-corrected chi connectivity index (χ2v) is 6.49. The van der Waals surface area contributed by atoms with Crippen LogP contribution in [0.15, 0.2) is 40.8 Å². The zero-order valence-electron chi connectivity index (χ0n) is 15.2. The second-order valence-electron chi connectivity index (χ2n) is 6.49. The summed E-state index contributed by atoms with van der Waals surface area (Å²) in [6.45, 7) is 8.59. The monoisotopic (exact) mass is 328 g/mol. The van der Waals surface area contributed by atoms with E-state index in [1.165, 1.54) is 11.1 Å². The van der Waals surface area contributed by atoms with Crippen LogP contribution in [0.5, 0.6) is 0 Å². The van der Waals surface area contributed by atoms with Crippen molar-refractivity contribution in [2.45, 2.75) is 40.3 Å². The molecule has 24 heavy (non-hydrogen) atoms. The van der Waals surface area contributed by atoms with Gasteiger partial charge in [-0.2, -0.15) is 0 Å². The van der Waals surface area contributed by atoms with E-state index in [0.29, 0.717) is 19.6 Å². The molecule has 130 valence electrons. The van der Waals surface area contributed by atoms with Gasteiger partial charge in [0, 0.05) is 13.1 Å². The van der Waals surface area contributed by atoms with Crippen LogP contribution in [0, 0.1) is 13.8 Å². The lowest BCUT2D eigenvalue weighted by Crippen LogP contribution is -2.38. The molecular formula is C20H28N2O2. The highest BCUT2D eigenvalue weighted by atomic mass is 16.3. The third kappa shape index (κ3) is 5.53. The number of amides is 1. The Morgan fingerprint density at radius 1 is 1.04 bits per heavy atom. The number of carbonyl (C=O) groups excluding carboxylic acids is 1. The molecule has 0 aliphatic carbocycles. The minimum atomic E-state index is 0.156. The highest BCUT2D eigenvalue weighted by Crippen LogP contribution is 2.11. The normalized spacial score (nSPS) is 11.0. The van der Waals surface area contributed by atoms with Crippen LogP contribution in [0.1, 0.15) is 36.0 Å². The molecule has 0 spiro atoms. The number of carbonyl (C=O) groups is 1. The Hall–Kier alpha value is -2.07. The molecule has 0 unspecified atom stereocenters. The van der Waals surface area contributed by atoms with Crippen molar-refractivity contribution < 1.29 is 9.21 Å². The molecule has 0 saturated carbocycles. The molecular weight excluding hydrogens is 300 g/mol. The van der Waals surface area contributed by atoms with Gasteiger partial charge in [0.05, 0.1) is 13.1 Å². The van der Waals surface area contributed by atoms with Crippen molar-refractivity contribution in [1.82, 2.24) is 9.80 Å². The number of aryl methyl sites for hydroxylation is 2. The summed E-state index contributed by atoms with van der Waals surface area (Å²) in [5.74, 6) is 1.95. The second kappa shape index (κ2) is 8.69. The van der Waals surface area contributed by atoms with E-state index in [0.717, 1.165) is 24.5 Å². The molecule has 0 N–H and O–H groups in total. The zero-order chi connectivity index (χ0) is 17.5. The van der Waals surface area contributed by atoms with Crippen LogP contribution >= 0.6 is 0 Å². The van der Waals surface area contributed by atoms with Crippen LogP contribution in [-0.4, -0.2) is 35.8 Å². The molecule has 0 atom stereocenters. The summed E-state index contributed by atoms with van der Waals surface area (Å²) in [5.41, 5.74) is 2.41. The Kier molecular flexibility index (Phi) is 6.62. The predicted octanol–water partition coefficient (Wildman–Crippen LogP) is 3.77. The first-order chi connectivity index (χ1) is 11.5. The Balaban J connectivity index is 1.93. The third-order valence-electron chi connectivity index (χ3n) is 3.97. The smallest absolute Gasteiger partial charge is 0.237 e. The Bertz CT molecular complexity index is 646. The van der Waals surface area contributed by atoms with Gasteiger partial charge in [-0.3, -0.25) is 9.69 Å². The van der Waals surface area contributed by atoms with Gasteiger partial charge in [0.25, 0.3) is 0 Å². The standard InChI is InChI=1S/C20H28N2O2/c1-5-12-22(13-18-9-6-16(2)7-10-18)20(23)15-21(4)14-19-11-8-17(3)24-19/h6-11H,5,12-15H2,1-4H3. The molecule has 2 rings (SSSR count). The first kappa shape index (κ1) is 18.3. The summed E-state index contributed by atoms with van der Waals surface area (Å²) >= 11 is 0. The SMILES string of the molecule is CCCN(Cc1ccc(C)cc1)C(=O)CN(C)Cc1ccc(C)o1. The van der Waals surface area contributed by atoms with Crippen LogP contribution in [0.2, 0.25) is 0 Å². The lowest BCUT2D eigenvalue weighted by molar-refractivity contribution is -0.132. The number of furan rings is 1. The van der Waals surface area contributed by atoms with Gasteiger partial charge in [-0.25, -0.2) is 0 Å². The van der Waals surface area contributed by atoms with Crippen molar-refractivity contribution in [3.63, 3.8) is 0 Å². The average Bonchev–Trinajstić information content (AvgIpc) is 2.93. The molecule has 1 heterocycles. The summed E-state index contributed by atoms with van der Waals surface area (Å²) in [6.07, 6.45) is 0.957. The van der Waals surface area contributed by atoms with Crippen molar-refractivity contribution in [2.24, 2.45) is 0 Å². The first-order valence-electron chi connectivity index (χ1n) is 8.55. The van der Waals surface area contributed by atoms with Gasteiger partial charge in [0.15, 0.2) is 0 Å². The maximum absolute atomic E-state index is 12.7. The Morgan fingerprint density at radius 2 is 1.75 bits per heavy atom. The molecule has 4 heteroatoms. The van der Waals surface area contributed by atoms with Crippen molar-refractivity contribution in [2.75, 3.05) is 20.1 Å². The lowest BCUT2D eigenvalue weighted by Gasteiger charge is -2.25. The van der Waals surface area contributed by atoms with Crippen LogP contribution in [0.4, 0.5) is 0 Å². The predicted molar refractivity (Wildman–Crippen MR) is 96.7 cm³/mol. The van der Waals surface area contributed by atoms with Crippen molar-refractivity contribution >= 4 is 5.91 Å².